The first-order valence-electron chi connectivity index (χ1n) is 15.4. The zero-order chi connectivity index (χ0) is 39.5. The second-order valence-corrected chi connectivity index (χ2v) is 16.8. The molecule has 298 valence electrons. The van der Waals surface area contributed by atoms with E-state index in [2.05, 4.69) is 38.1 Å². The molecule has 11 atom stereocenters. The molecule has 4 aromatic rings. The van der Waals surface area contributed by atoms with Crippen LogP contribution in [0.1, 0.15) is 18.3 Å². The molecule has 6 heterocycles. The van der Waals surface area contributed by atoms with Crippen LogP contribution in [0.25, 0.3) is 22.3 Å². The lowest BCUT2D eigenvalue weighted by molar-refractivity contribution is -0.646. The number of nitrogens with zero attached hydrogens (tertiary/aromatic N) is 6. The van der Waals surface area contributed by atoms with Gasteiger partial charge in [0, 0.05) is 14.2 Å². The summed E-state index contributed by atoms with van der Waals surface area (Å²) in [5.74, 6) is -0.0171. The number of imidazole rings is 2. The number of nitrogens with two attached hydrogens (primary N) is 1. The van der Waals surface area contributed by atoms with Crippen molar-refractivity contribution in [2.24, 2.45) is 7.05 Å². The fourth-order valence-corrected chi connectivity index (χ4v) is 9.74. The third kappa shape index (κ3) is 7.85. The lowest BCUT2D eigenvalue weighted by Crippen LogP contribution is -2.35. The van der Waals surface area contributed by atoms with E-state index in [0.29, 0.717) is 0 Å². The highest BCUT2D eigenvalue weighted by atomic mass is 31.3. The van der Waals surface area contributed by atoms with Gasteiger partial charge in [-0.15, -0.1) is 0 Å². The number of phosphoric acid groups is 3. The van der Waals surface area contributed by atoms with Crippen LogP contribution in [0.15, 0.2) is 22.2 Å². The Morgan fingerprint density at radius 2 is 1.56 bits per heavy atom. The summed E-state index contributed by atoms with van der Waals surface area (Å²) in [5.41, 5.74) is 4.48. The average Bonchev–Trinajstić information content (AvgIpc) is 3.80. The summed E-state index contributed by atoms with van der Waals surface area (Å²) in [6.45, 7) is -0.309. The lowest BCUT2D eigenvalue weighted by Gasteiger charge is -2.23. The zero-order valence-electron chi connectivity index (χ0n) is 28.3. The largest absolute Gasteiger partial charge is 0.490 e. The van der Waals surface area contributed by atoms with Gasteiger partial charge in [-0.3, -0.25) is 32.7 Å². The molecule has 30 heteroatoms. The van der Waals surface area contributed by atoms with Crippen LogP contribution in [0.2, 0.25) is 0 Å². The molecular formula is C24H35N9O18P3+. The summed E-state index contributed by atoms with van der Waals surface area (Å²) in [5, 5.41) is 32.3. The van der Waals surface area contributed by atoms with Crippen molar-refractivity contribution in [2.75, 3.05) is 33.2 Å². The van der Waals surface area contributed by atoms with Gasteiger partial charge in [0.1, 0.15) is 42.4 Å². The summed E-state index contributed by atoms with van der Waals surface area (Å²) in [6, 6.07) is 0. The van der Waals surface area contributed by atoms with Crippen molar-refractivity contribution in [1.82, 2.24) is 34.1 Å². The normalized spacial score (nSPS) is 29.4. The third-order valence-corrected chi connectivity index (χ3v) is 12.9. The number of aromatic amines is 2. The van der Waals surface area contributed by atoms with Crippen LogP contribution in [-0.4, -0.2) is 123 Å². The topological polar surface area (TPSA) is 370 Å². The van der Waals surface area contributed by atoms with Crippen molar-refractivity contribution in [3.05, 3.63) is 39.2 Å². The van der Waals surface area contributed by atoms with Gasteiger partial charge in [0.2, 0.25) is 18.5 Å². The highest BCUT2D eigenvalue weighted by Crippen LogP contribution is 2.69. The molecule has 2 fully saturated rings. The lowest BCUT2D eigenvalue weighted by atomic mass is 10.1. The van der Waals surface area contributed by atoms with Gasteiger partial charge in [-0.05, 0) is 6.92 Å². The summed E-state index contributed by atoms with van der Waals surface area (Å²) in [7, 11) is -13.2. The monoisotopic (exact) mass is 830 g/mol. The number of ether oxygens (including phenoxy) is 3. The Morgan fingerprint density at radius 3 is 2.24 bits per heavy atom. The molecule has 2 aliphatic rings. The molecule has 0 amide bonds. The number of aryl methyl sites for hydroxylation is 2. The van der Waals surface area contributed by atoms with E-state index in [1.807, 2.05) is 0 Å². The molecular weight excluding hydrogens is 795 g/mol. The number of hydrogen-bond donors (Lipinski definition) is 8. The van der Waals surface area contributed by atoms with Gasteiger partial charge >= 0.3 is 29.0 Å². The second-order valence-electron chi connectivity index (χ2n) is 11.9. The molecule has 54 heavy (non-hydrogen) atoms. The first-order chi connectivity index (χ1) is 25.3. The van der Waals surface area contributed by atoms with Gasteiger partial charge in [-0.1, -0.05) is 0 Å². The molecule has 5 unspecified atom stereocenters. The van der Waals surface area contributed by atoms with Gasteiger partial charge in [-0.25, -0.2) is 28.2 Å². The van der Waals surface area contributed by atoms with Gasteiger partial charge < -0.3 is 50.0 Å². The predicted octanol–water partition coefficient (Wildman–Crippen LogP) is -2.51. The number of aliphatic hydroxyl groups excluding tert-OH is 3. The number of rotatable bonds is 14. The van der Waals surface area contributed by atoms with Gasteiger partial charge in [0.25, 0.3) is 16.7 Å². The fraction of sp³-hybridized carbons (Fsp3) is 0.583. The van der Waals surface area contributed by atoms with Gasteiger partial charge in [-0.2, -0.15) is 18.2 Å². The molecule has 0 aromatic carbocycles. The highest BCUT2D eigenvalue weighted by molar-refractivity contribution is 7.67. The maximum absolute atomic E-state index is 13.1. The fourth-order valence-electron chi connectivity index (χ4n) is 5.89. The van der Waals surface area contributed by atoms with Crippen molar-refractivity contribution in [2.45, 2.75) is 56.0 Å². The Balaban J connectivity index is 1.08. The summed E-state index contributed by atoms with van der Waals surface area (Å²) < 4.78 is 82.2. The molecule has 4 aromatic heterocycles. The molecule has 0 spiro atoms. The highest BCUT2D eigenvalue weighted by Gasteiger charge is 2.51. The zero-order valence-corrected chi connectivity index (χ0v) is 31.0. The maximum Gasteiger partial charge on any atom is 0.490 e. The van der Waals surface area contributed by atoms with Crippen LogP contribution in [0, 0.1) is 6.92 Å². The Bertz CT molecular complexity index is 2310. The minimum atomic E-state index is -5.86. The van der Waals surface area contributed by atoms with E-state index in [4.69, 9.17) is 29.0 Å². The molecule has 6 rings (SSSR count). The smallest absolute Gasteiger partial charge is 0.387 e. The quantitative estimate of drug-likeness (QED) is 0.0480. The Labute approximate surface area is 301 Å². The van der Waals surface area contributed by atoms with Crippen molar-refractivity contribution in [3.8, 4) is 0 Å². The number of hydrogen-bond acceptors (Lipinski definition) is 20. The van der Waals surface area contributed by atoms with Crippen molar-refractivity contribution >= 4 is 51.7 Å². The number of aliphatic hydroxyl groups is 3. The first kappa shape index (κ1) is 40.3. The summed E-state index contributed by atoms with van der Waals surface area (Å²) >= 11 is 0. The SMILES string of the molecule is CO[C@@H]1C(O)[C@H](n2cnc3c(=O)[nH]c(C)nc32)O[C@@H]1COP(=O)(O)OP(=O)(O)OP(=O)(OC)OC[C@H]1O[C@@H](n2c[n+](C)c3c(=O)[nH]c(N)nc32)C(O)[C@H]1O. The summed E-state index contributed by atoms with van der Waals surface area (Å²) in [4.78, 5) is 62.1. The number of anilines is 1. The third-order valence-electron chi connectivity index (χ3n) is 8.24. The molecule has 2 saturated heterocycles. The van der Waals surface area contributed by atoms with Crippen LogP contribution in [0.3, 0.4) is 0 Å². The van der Waals surface area contributed by atoms with E-state index < -0.39 is 96.9 Å². The van der Waals surface area contributed by atoms with E-state index in [1.54, 1.807) is 0 Å². The molecule has 0 bridgehead atoms. The van der Waals surface area contributed by atoms with E-state index in [1.165, 1.54) is 47.4 Å². The Kier molecular flexibility index (Phi) is 11.2. The number of nitrogens with one attached hydrogen (secondary N) is 2. The number of phosphoric ester groups is 2. The van der Waals surface area contributed by atoms with E-state index in [0.717, 1.165) is 7.11 Å². The summed E-state index contributed by atoms with van der Waals surface area (Å²) in [6.07, 6.45) is -9.16. The van der Waals surface area contributed by atoms with E-state index >= 15 is 0 Å². The molecule has 27 nitrogen and oxygen atoms in total. The van der Waals surface area contributed by atoms with E-state index in [-0.39, 0.29) is 34.1 Å². The Morgan fingerprint density at radius 1 is 0.889 bits per heavy atom. The number of fused-ring (bicyclic) bond motifs is 2. The molecule has 2 aliphatic heterocycles. The minimum Gasteiger partial charge on any atom is -0.387 e. The average molecular weight is 831 g/mol. The maximum atomic E-state index is 13.1. The van der Waals surface area contributed by atoms with Crippen LogP contribution in [-0.2, 0) is 57.1 Å². The Hall–Kier alpha value is -3.33. The molecule has 0 radical (unpaired) electrons. The molecule has 0 aliphatic carbocycles. The van der Waals surface area contributed by atoms with Crippen molar-refractivity contribution < 1.29 is 79.8 Å². The number of methoxy groups -OCH3 is 1. The molecule has 0 saturated carbocycles. The number of H-pyrrole nitrogens is 2. The minimum absolute atomic E-state index is 0.0262. The van der Waals surface area contributed by atoms with Gasteiger partial charge in [0.05, 0.1) is 26.6 Å². The second kappa shape index (κ2) is 15.0. The number of nitrogen functional groups attached to an aromatic ring is 1. The van der Waals surface area contributed by atoms with Crippen LogP contribution >= 0.6 is 23.5 Å². The van der Waals surface area contributed by atoms with Crippen LogP contribution in [0.4, 0.5) is 5.95 Å². The van der Waals surface area contributed by atoms with Crippen molar-refractivity contribution in [3.63, 3.8) is 0 Å². The van der Waals surface area contributed by atoms with Crippen LogP contribution in [0.5, 0.6) is 0 Å². The van der Waals surface area contributed by atoms with Crippen molar-refractivity contribution in [1.29, 1.82) is 0 Å². The predicted molar refractivity (Wildman–Crippen MR) is 174 cm³/mol. The van der Waals surface area contributed by atoms with E-state index in [9.17, 15) is 48.4 Å². The number of aromatic nitrogens is 8. The first-order valence-corrected chi connectivity index (χ1v) is 19.8. The van der Waals surface area contributed by atoms with Crippen LogP contribution < -0.4 is 21.4 Å². The molecule has 9 N–H and O–H groups in total. The standard InChI is InChI=1S/C24H34N9O18P3/c1-9-27-18-12(20(37)28-9)26-7-32(18)23-16(36)17(44-3)11(49-23)6-46-52(39,40)50-53(41,42)51-54(43,45-4)47-5-10-14(34)15(35)22(48-10)33-8-31(2)13-19(33)29-24(25)30-21(13)38/h7-8,10-11,14-17,22-23,34-36H,5-6H2,1-4H3,(H5-,25,27,28,29,30,37,38,39,40,41,42)/p+1/t10-,11-,14+,15?,16?,17+,22-,23-,54?/m1/s1. The van der Waals surface area contributed by atoms with Gasteiger partial charge in [0.15, 0.2) is 17.4 Å².